The monoisotopic (exact) mass is 208 g/mol. The second kappa shape index (κ2) is 9.59. The van der Waals surface area contributed by atoms with Gasteiger partial charge in [0.15, 0.2) is 0 Å². The van der Waals surface area contributed by atoms with Crippen molar-refractivity contribution >= 4 is 0 Å². The zero-order valence-corrected chi connectivity index (χ0v) is 10.1. The molecule has 0 aromatic rings. The Morgan fingerprint density at radius 1 is 1.33 bits per heavy atom. The van der Waals surface area contributed by atoms with Crippen LogP contribution in [0.15, 0.2) is 0 Å². The van der Waals surface area contributed by atoms with Crippen LogP contribution in [-0.2, 0) is 18.6 Å². The molecule has 1 atom stereocenters. The molecule has 1 aliphatic rings. The van der Waals surface area contributed by atoms with Gasteiger partial charge in [0, 0.05) is 18.6 Å². The summed E-state index contributed by atoms with van der Waals surface area (Å²) < 4.78 is 0. The predicted octanol–water partition coefficient (Wildman–Crippen LogP) is 2.11. The van der Waals surface area contributed by atoms with Gasteiger partial charge in [-0.15, -0.1) is 6.04 Å². The molecular formula is C9H21N2V-. The summed E-state index contributed by atoms with van der Waals surface area (Å²) in [7, 11) is 4.08. The Morgan fingerprint density at radius 2 is 1.92 bits per heavy atom. The van der Waals surface area contributed by atoms with Gasteiger partial charge in [-0.25, -0.2) is 0 Å². The van der Waals surface area contributed by atoms with Crippen LogP contribution < -0.4 is 0 Å². The van der Waals surface area contributed by atoms with Crippen molar-refractivity contribution in [2.75, 3.05) is 27.2 Å². The summed E-state index contributed by atoms with van der Waals surface area (Å²) in [5.74, 6) is 0. The second-order valence-electron chi connectivity index (χ2n) is 2.82. The maximum atomic E-state index is 4.26. The molecule has 0 bridgehead atoms. The zero-order valence-electron chi connectivity index (χ0n) is 8.75. The van der Waals surface area contributed by atoms with E-state index >= 15 is 0 Å². The Labute approximate surface area is 89.0 Å². The first kappa shape index (κ1) is 15.0. The molecule has 0 saturated carbocycles. The van der Waals surface area contributed by atoms with Crippen LogP contribution in [0.4, 0.5) is 0 Å². The molecule has 0 amide bonds. The summed E-state index contributed by atoms with van der Waals surface area (Å²) >= 11 is 0. The van der Waals surface area contributed by atoms with E-state index in [1.54, 1.807) is 0 Å². The average Bonchev–Trinajstić information content (AvgIpc) is 2.08. The van der Waals surface area contributed by atoms with E-state index in [2.05, 4.69) is 17.3 Å². The van der Waals surface area contributed by atoms with Crippen LogP contribution in [0.3, 0.4) is 0 Å². The molecule has 1 fully saturated rings. The molecule has 1 unspecified atom stereocenters. The first-order chi connectivity index (χ1) is 5.33. The van der Waals surface area contributed by atoms with E-state index in [0.717, 1.165) is 6.54 Å². The first-order valence-corrected chi connectivity index (χ1v) is 4.60. The van der Waals surface area contributed by atoms with Crippen molar-refractivity contribution in [3.63, 3.8) is 0 Å². The third-order valence-corrected chi connectivity index (χ3v) is 1.96. The van der Waals surface area contributed by atoms with Crippen LogP contribution in [0.1, 0.15) is 26.7 Å². The Kier molecular flexibility index (Phi) is 12.0. The molecule has 1 radical (unpaired) electrons. The molecule has 2 nitrogen and oxygen atoms in total. The van der Waals surface area contributed by atoms with Gasteiger partial charge < -0.3 is 10.2 Å². The zero-order chi connectivity index (χ0) is 8.69. The predicted molar refractivity (Wildman–Crippen MR) is 51.2 cm³/mol. The molecule has 0 spiro atoms. The standard InChI is InChI=1S/C7H15N2.C2H6.V/c1-8-7-4-3-5-9(2)6-7;1-2;/h7H,3-6H2,1-2H3;1-2H3;/q-1;;. The third-order valence-electron chi connectivity index (χ3n) is 1.96. The number of nitrogens with zero attached hydrogens (tertiary/aromatic N) is 2. The molecule has 0 aromatic heterocycles. The van der Waals surface area contributed by atoms with E-state index in [9.17, 15) is 0 Å². The smallest absolute Gasteiger partial charge is 0 e. The molecule has 1 rings (SSSR count). The fraction of sp³-hybridized carbons (Fsp3) is 1.00. The second-order valence-corrected chi connectivity index (χ2v) is 2.82. The number of hydrogen-bond acceptors (Lipinski definition) is 1. The van der Waals surface area contributed by atoms with Gasteiger partial charge in [0.1, 0.15) is 0 Å². The van der Waals surface area contributed by atoms with E-state index in [4.69, 9.17) is 0 Å². The number of rotatable bonds is 1. The first-order valence-electron chi connectivity index (χ1n) is 4.60. The van der Waals surface area contributed by atoms with E-state index in [1.165, 1.54) is 19.4 Å². The minimum atomic E-state index is 0. The van der Waals surface area contributed by atoms with Crippen molar-refractivity contribution in [3.8, 4) is 0 Å². The molecule has 0 aliphatic carbocycles. The molecule has 73 valence electrons. The van der Waals surface area contributed by atoms with Crippen LogP contribution in [-0.4, -0.2) is 38.1 Å². The van der Waals surface area contributed by atoms with Crippen molar-refractivity contribution < 1.29 is 18.6 Å². The SMILES string of the molecule is CC.C[N-]C1CCCN(C)C1.[V]. The van der Waals surface area contributed by atoms with E-state index in [1.807, 2.05) is 20.9 Å². The number of likely N-dealkylation sites (tertiary alicyclic amines) is 1. The molecule has 0 aromatic carbocycles. The largest absolute Gasteiger partial charge is 0.661 e. The topological polar surface area (TPSA) is 17.3 Å². The number of likely N-dealkylation sites (N-methyl/N-ethyl adjacent to an activating group) is 2. The van der Waals surface area contributed by atoms with Crippen LogP contribution in [0.2, 0.25) is 0 Å². The summed E-state index contributed by atoms with van der Waals surface area (Å²) in [5.41, 5.74) is 0. The molecule has 12 heavy (non-hydrogen) atoms. The van der Waals surface area contributed by atoms with Crippen molar-refractivity contribution in [1.29, 1.82) is 0 Å². The Hall–Kier alpha value is 0.504. The summed E-state index contributed by atoms with van der Waals surface area (Å²) in [6.07, 6.45) is 2.61. The summed E-state index contributed by atoms with van der Waals surface area (Å²) in [6.45, 7) is 6.42. The van der Waals surface area contributed by atoms with Crippen molar-refractivity contribution in [3.05, 3.63) is 5.32 Å². The van der Waals surface area contributed by atoms with E-state index < -0.39 is 0 Å². The van der Waals surface area contributed by atoms with Crippen LogP contribution >= 0.6 is 0 Å². The summed E-state index contributed by atoms with van der Waals surface area (Å²) in [5, 5.41) is 4.26. The molecule has 0 N–H and O–H groups in total. The van der Waals surface area contributed by atoms with E-state index in [0.29, 0.717) is 6.04 Å². The van der Waals surface area contributed by atoms with Gasteiger partial charge in [-0.05, 0) is 26.6 Å². The quantitative estimate of drug-likeness (QED) is 0.645. The molecular weight excluding hydrogens is 187 g/mol. The van der Waals surface area contributed by atoms with Gasteiger partial charge in [0.25, 0.3) is 0 Å². The average molecular weight is 208 g/mol. The van der Waals surface area contributed by atoms with Gasteiger partial charge >= 0.3 is 0 Å². The van der Waals surface area contributed by atoms with Gasteiger partial charge in [0.2, 0.25) is 0 Å². The normalized spacial score (nSPS) is 23.5. The molecule has 1 heterocycles. The van der Waals surface area contributed by atoms with Gasteiger partial charge in [-0.3, -0.25) is 0 Å². The summed E-state index contributed by atoms with van der Waals surface area (Å²) in [6, 6.07) is 0.615. The Balaban J connectivity index is 0. The number of piperidine rings is 1. The maximum Gasteiger partial charge on any atom is 0 e. The van der Waals surface area contributed by atoms with Crippen LogP contribution in [0.25, 0.3) is 5.32 Å². The third kappa shape index (κ3) is 6.07. The fourth-order valence-electron chi connectivity index (χ4n) is 1.35. The summed E-state index contributed by atoms with van der Waals surface area (Å²) in [4.78, 5) is 2.35. The van der Waals surface area contributed by atoms with Crippen molar-refractivity contribution in [1.82, 2.24) is 4.90 Å². The Bertz CT molecular complexity index is 88.6. The fourth-order valence-corrected chi connectivity index (χ4v) is 1.35. The van der Waals surface area contributed by atoms with Crippen molar-refractivity contribution in [2.24, 2.45) is 0 Å². The van der Waals surface area contributed by atoms with Crippen LogP contribution in [0.5, 0.6) is 0 Å². The van der Waals surface area contributed by atoms with Gasteiger partial charge in [-0.2, -0.15) is 7.05 Å². The molecule has 1 aliphatic heterocycles. The minimum Gasteiger partial charge on any atom is -0.661 e. The Morgan fingerprint density at radius 3 is 2.25 bits per heavy atom. The van der Waals surface area contributed by atoms with Gasteiger partial charge in [-0.1, -0.05) is 20.3 Å². The number of hydrogen-bond donors (Lipinski definition) is 0. The van der Waals surface area contributed by atoms with Crippen LogP contribution in [0, 0.1) is 0 Å². The van der Waals surface area contributed by atoms with Gasteiger partial charge in [0.05, 0.1) is 0 Å². The van der Waals surface area contributed by atoms with Crippen molar-refractivity contribution in [2.45, 2.75) is 32.7 Å². The molecule has 3 heteroatoms. The minimum absolute atomic E-state index is 0. The molecule has 1 saturated heterocycles. The maximum absolute atomic E-state index is 4.26. The van der Waals surface area contributed by atoms with E-state index in [-0.39, 0.29) is 18.6 Å².